The Bertz CT molecular complexity index is 292. The fourth-order valence-corrected chi connectivity index (χ4v) is 2.02. The van der Waals surface area contributed by atoms with Crippen molar-refractivity contribution in [3.8, 4) is 0 Å². The van der Waals surface area contributed by atoms with E-state index < -0.39 is 0 Å². The van der Waals surface area contributed by atoms with Crippen LogP contribution in [0.3, 0.4) is 0 Å². The van der Waals surface area contributed by atoms with E-state index in [4.69, 9.17) is 0 Å². The Kier molecular flexibility index (Phi) is 5.23. The summed E-state index contributed by atoms with van der Waals surface area (Å²) < 4.78 is 4.61. The molecule has 1 unspecified atom stereocenters. The molecule has 0 spiro atoms. The number of allylic oxidation sites excluding steroid dienone is 2. The van der Waals surface area contributed by atoms with Gasteiger partial charge in [-0.25, -0.2) is 0 Å². The lowest BCUT2D eigenvalue weighted by molar-refractivity contribution is -0.143. The van der Waals surface area contributed by atoms with E-state index in [0.717, 1.165) is 37.7 Å². The first-order valence-electron chi connectivity index (χ1n) is 5.99. The van der Waals surface area contributed by atoms with Crippen LogP contribution in [-0.4, -0.2) is 18.9 Å². The SMILES string of the molecule is CCCCC1=CCCC(CC(=O)OC)C1=O. The van der Waals surface area contributed by atoms with E-state index >= 15 is 0 Å². The van der Waals surface area contributed by atoms with Crippen molar-refractivity contribution in [1.82, 2.24) is 0 Å². The van der Waals surface area contributed by atoms with Gasteiger partial charge in [0, 0.05) is 5.92 Å². The minimum absolute atomic E-state index is 0.149. The predicted octanol–water partition coefficient (Wildman–Crippen LogP) is 2.65. The highest BCUT2D eigenvalue weighted by Gasteiger charge is 2.27. The Balaban J connectivity index is 2.54. The highest BCUT2D eigenvalue weighted by atomic mass is 16.5. The van der Waals surface area contributed by atoms with Crippen molar-refractivity contribution in [3.05, 3.63) is 11.6 Å². The summed E-state index contributed by atoms with van der Waals surface area (Å²) in [6.07, 6.45) is 6.95. The van der Waals surface area contributed by atoms with Gasteiger partial charge in [0.1, 0.15) is 0 Å². The first-order chi connectivity index (χ1) is 7.69. The normalized spacial score (nSPS) is 20.5. The molecule has 0 fully saturated rings. The maximum Gasteiger partial charge on any atom is 0.306 e. The molecule has 1 aliphatic rings. The number of hydrogen-bond donors (Lipinski definition) is 0. The lowest BCUT2D eigenvalue weighted by Gasteiger charge is -2.20. The van der Waals surface area contributed by atoms with Crippen LogP contribution in [-0.2, 0) is 14.3 Å². The molecule has 16 heavy (non-hydrogen) atoms. The molecular formula is C13H20O3. The lowest BCUT2D eigenvalue weighted by atomic mass is 9.83. The molecule has 3 heteroatoms. The highest BCUT2D eigenvalue weighted by Crippen LogP contribution is 2.26. The Morgan fingerprint density at radius 2 is 2.31 bits per heavy atom. The average Bonchev–Trinajstić information content (AvgIpc) is 2.30. The van der Waals surface area contributed by atoms with Crippen LogP contribution in [0.25, 0.3) is 0 Å². The molecule has 0 aromatic carbocycles. The third-order valence-corrected chi connectivity index (χ3v) is 3.03. The zero-order valence-electron chi connectivity index (χ0n) is 10.1. The van der Waals surface area contributed by atoms with Crippen molar-refractivity contribution in [2.75, 3.05) is 7.11 Å². The van der Waals surface area contributed by atoms with E-state index in [1.807, 2.05) is 6.08 Å². The molecule has 0 radical (unpaired) electrons. The van der Waals surface area contributed by atoms with E-state index in [9.17, 15) is 9.59 Å². The summed E-state index contributed by atoms with van der Waals surface area (Å²) >= 11 is 0. The van der Waals surface area contributed by atoms with Crippen molar-refractivity contribution in [2.24, 2.45) is 5.92 Å². The van der Waals surface area contributed by atoms with E-state index in [0.29, 0.717) is 0 Å². The number of ketones is 1. The predicted molar refractivity (Wildman–Crippen MR) is 62.0 cm³/mol. The molecule has 0 N–H and O–H groups in total. The minimum atomic E-state index is -0.282. The number of hydrogen-bond acceptors (Lipinski definition) is 3. The Morgan fingerprint density at radius 3 is 2.94 bits per heavy atom. The Labute approximate surface area is 96.9 Å². The molecule has 90 valence electrons. The molecule has 0 amide bonds. The zero-order chi connectivity index (χ0) is 12.0. The molecule has 0 aromatic rings. The van der Waals surface area contributed by atoms with Crippen LogP contribution in [0.5, 0.6) is 0 Å². The average molecular weight is 224 g/mol. The van der Waals surface area contributed by atoms with Crippen LogP contribution in [0.2, 0.25) is 0 Å². The fourth-order valence-electron chi connectivity index (χ4n) is 2.02. The van der Waals surface area contributed by atoms with Gasteiger partial charge in [0.2, 0.25) is 0 Å². The molecule has 1 atom stereocenters. The largest absolute Gasteiger partial charge is 0.469 e. The fraction of sp³-hybridized carbons (Fsp3) is 0.692. The number of carbonyl (C=O) groups is 2. The van der Waals surface area contributed by atoms with E-state index in [1.54, 1.807) is 0 Å². The number of unbranched alkanes of at least 4 members (excludes halogenated alkanes) is 1. The van der Waals surface area contributed by atoms with Crippen LogP contribution in [0.1, 0.15) is 45.4 Å². The smallest absolute Gasteiger partial charge is 0.306 e. The maximum atomic E-state index is 12.0. The molecule has 0 saturated carbocycles. The highest BCUT2D eigenvalue weighted by molar-refractivity contribution is 5.99. The number of rotatable bonds is 5. The standard InChI is InChI=1S/C13H20O3/c1-3-4-6-10-7-5-8-11(13(10)15)9-12(14)16-2/h7,11H,3-6,8-9H2,1-2H3. The third kappa shape index (κ3) is 3.47. The Morgan fingerprint density at radius 1 is 1.56 bits per heavy atom. The van der Waals surface area contributed by atoms with Crippen molar-refractivity contribution in [1.29, 1.82) is 0 Å². The Hall–Kier alpha value is -1.12. The second-order valence-electron chi connectivity index (χ2n) is 4.25. The van der Waals surface area contributed by atoms with E-state index in [-0.39, 0.29) is 24.1 Å². The van der Waals surface area contributed by atoms with Gasteiger partial charge in [0.25, 0.3) is 0 Å². The van der Waals surface area contributed by atoms with Crippen LogP contribution in [0.15, 0.2) is 11.6 Å². The summed E-state index contributed by atoms with van der Waals surface area (Å²) in [7, 11) is 1.36. The molecule has 0 aliphatic heterocycles. The number of esters is 1. The van der Waals surface area contributed by atoms with Crippen molar-refractivity contribution >= 4 is 11.8 Å². The van der Waals surface area contributed by atoms with Crippen LogP contribution < -0.4 is 0 Å². The molecule has 3 nitrogen and oxygen atoms in total. The second kappa shape index (κ2) is 6.46. The van der Waals surface area contributed by atoms with Crippen molar-refractivity contribution in [2.45, 2.75) is 45.4 Å². The number of ether oxygens (including phenoxy) is 1. The van der Waals surface area contributed by atoms with E-state index in [1.165, 1.54) is 7.11 Å². The second-order valence-corrected chi connectivity index (χ2v) is 4.25. The monoisotopic (exact) mass is 224 g/mol. The van der Waals surface area contributed by atoms with Gasteiger partial charge in [-0.05, 0) is 31.3 Å². The molecule has 0 bridgehead atoms. The summed E-state index contributed by atoms with van der Waals surface area (Å²) in [6.45, 7) is 2.11. The van der Waals surface area contributed by atoms with Gasteiger partial charge in [-0.2, -0.15) is 0 Å². The van der Waals surface area contributed by atoms with Crippen LogP contribution in [0, 0.1) is 5.92 Å². The van der Waals surface area contributed by atoms with E-state index in [2.05, 4.69) is 11.7 Å². The maximum absolute atomic E-state index is 12.0. The van der Waals surface area contributed by atoms with Gasteiger partial charge in [0.15, 0.2) is 5.78 Å². The summed E-state index contributed by atoms with van der Waals surface area (Å²) in [6, 6.07) is 0. The third-order valence-electron chi connectivity index (χ3n) is 3.03. The zero-order valence-corrected chi connectivity index (χ0v) is 10.1. The topological polar surface area (TPSA) is 43.4 Å². The van der Waals surface area contributed by atoms with Gasteiger partial charge in [-0.15, -0.1) is 0 Å². The summed E-state index contributed by atoms with van der Waals surface area (Å²) in [5, 5.41) is 0. The number of carbonyl (C=O) groups excluding carboxylic acids is 2. The molecule has 0 heterocycles. The first-order valence-corrected chi connectivity index (χ1v) is 5.99. The van der Waals surface area contributed by atoms with Gasteiger partial charge < -0.3 is 4.74 Å². The summed E-state index contributed by atoms with van der Waals surface area (Å²) in [4.78, 5) is 23.2. The summed E-state index contributed by atoms with van der Waals surface area (Å²) in [5.41, 5.74) is 0.919. The minimum Gasteiger partial charge on any atom is -0.469 e. The molecule has 1 rings (SSSR count). The number of methoxy groups -OCH3 is 1. The van der Waals surface area contributed by atoms with Gasteiger partial charge in [0.05, 0.1) is 13.5 Å². The molecule has 0 aromatic heterocycles. The lowest BCUT2D eigenvalue weighted by Crippen LogP contribution is -2.23. The first kappa shape index (κ1) is 12.9. The van der Waals surface area contributed by atoms with Gasteiger partial charge >= 0.3 is 5.97 Å². The molecule has 0 saturated heterocycles. The molecular weight excluding hydrogens is 204 g/mol. The quantitative estimate of drug-likeness (QED) is 0.674. The number of Topliss-reactive ketones (excluding diaryl/α,β-unsaturated/α-hetero) is 1. The molecule has 1 aliphatic carbocycles. The summed E-state index contributed by atoms with van der Waals surface area (Å²) in [5.74, 6) is -0.274. The van der Waals surface area contributed by atoms with Gasteiger partial charge in [-0.3, -0.25) is 9.59 Å². The van der Waals surface area contributed by atoms with Crippen LogP contribution in [0.4, 0.5) is 0 Å². The van der Waals surface area contributed by atoms with Crippen molar-refractivity contribution < 1.29 is 14.3 Å². The van der Waals surface area contributed by atoms with Crippen molar-refractivity contribution in [3.63, 3.8) is 0 Å². The van der Waals surface area contributed by atoms with Crippen LogP contribution >= 0.6 is 0 Å². The van der Waals surface area contributed by atoms with Gasteiger partial charge in [-0.1, -0.05) is 19.4 Å².